The Morgan fingerprint density at radius 1 is 1.00 bits per heavy atom. The van der Waals surface area contributed by atoms with E-state index >= 15 is 0 Å². The van der Waals surface area contributed by atoms with Crippen molar-refractivity contribution in [3.8, 4) is 11.4 Å². The van der Waals surface area contributed by atoms with Crippen molar-refractivity contribution in [2.45, 2.75) is 64.2 Å². The second kappa shape index (κ2) is 13.9. The van der Waals surface area contributed by atoms with Crippen LogP contribution < -0.4 is 10.2 Å². The van der Waals surface area contributed by atoms with Gasteiger partial charge in [-0.3, -0.25) is 4.79 Å². The third-order valence-electron chi connectivity index (χ3n) is 9.23. The molecule has 3 aromatic carbocycles. The number of carbonyl (C=O) groups is 1. The fourth-order valence-electron chi connectivity index (χ4n) is 6.75. The van der Waals surface area contributed by atoms with Crippen molar-refractivity contribution in [3.05, 3.63) is 83.2 Å². The number of ketones is 1. The van der Waals surface area contributed by atoms with E-state index in [0.717, 1.165) is 54.1 Å². The van der Waals surface area contributed by atoms with Gasteiger partial charge >= 0.3 is 6.18 Å². The minimum Gasteiger partial charge on any atom is -0.378 e. The van der Waals surface area contributed by atoms with Crippen molar-refractivity contribution in [1.29, 1.82) is 0 Å². The first-order valence-electron chi connectivity index (χ1n) is 16.2. The summed E-state index contributed by atoms with van der Waals surface area (Å²) >= 11 is 0. The number of nitrogens with one attached hydrogen (secondary N) is 1. The molecule has 0 radical (unpaired) electrons. The second-order valence-electron chi connectivity index (χ2n) is 12.6. The monoisotopic (exact) mass is 636 g/mol. The molecule has 6 nitrogen and oxygen atoms in total. The molecule has 4 aromatic rings. The molecule has 0 bridgehead atoms. The van der Waals surface area contributed by atoms with Gasteiger partial charge in [0.25, 0.3) is 0 Å². The van der Waals surface area contributed by atoms with Crippen LogP contribution in [-0.4, -0.2) is 48.2 Å². The van der Waals surface area contributed by atoms with Crippen molar-refractivity contribution < 1.29 is 27.1 Å². The fraction of sp³-hybridized carbons (Fsp3) is 0.444. The standard InChI is InChI=1S/C36H40F4N4O2/c1-24(45)19-32(41-22-25-5-3-2-4-6-25)28-10-14-34-33(21-28)42-35(27-8-11-29(12-9-27)43-15-17-46-18-16-43)44(34)23-26-7-13-30(31(37)20-26)36(38,39)40/h7-14,20-21,25,32,41H,2-6,15-19,22-23H2,1H3. The van der Waals surface area contributed by atoms with E-state index in [-0.39, 0.29) is 18.4 Å². The van der Waals surface area contributed by atoms with Gasteiger partial charge in [0.05, 0.1) is 29.8 Å². The highest BCUT2D eigenvalue weighted by Gasteiger charge is 2.34. The molecular weight excluding hydrogens is 596 g/mol. The van der Waals surface area contributed by atoms with Crippen LogP contribution in [0.1, 0.15) is 68.2 Å². The number of benzene rings is 3. The minimum atomic E-state index is -4.77. The van der Waals surface area contributed by atoms with Crippen LogP contribution >= 0.6 is 0 Å². The van der Waals surface area contributed by atoms with Gasteiger partial charge in [0, 0.05) is 43.3 Å². The molecule has 46 heavy (non-hydrogen) atoms. The topological polar surface area (TPSA) is 59.4 Å². The van der Waals surface area contributed by atoms with Crippen LogP contribution in [0.15, 0.2) is 60.7 Å². The third kappa shape index (κ3) is 7.44. The Kier molecular flexibility index (Phi) is 9.75. The van der Waals surface area contributed by atoms with Gasteiger partial charge in [-0.05, 0) is 91.9 Å². The average molecular weight is 637 g/mol. The maximum Gasteiger partial charge on any atom is 0.419 e. The number of morpholine rings is 1. The van der Waals surface area contributed by atoms with E-state index in [1.807, 2.05) is 47.0 Å². The predicted molar refractivity (Wildman–Crippen MR) is 171 cm³/mol. The molecule has 1 saturated heterocycles. The molecule has 1 aliphatic carbocycles. The number of carbonyl (C=O) groups excluding carboxylic acids is 1. The summed E-state index contributed by atoms with van der Waals surface area (Å²) in [6, 6.07) is 16.9. The summed E-state index contributed by atoms with van der Waals surface area (Å²) in [5.74, 6) is 0.0166. The fourth-order valence-corrected chi connectivity index (χ4v) is 6.75. The van der Waals surface area contributed by atoms with Crippen LogP contribution in [0.25, 0.3) is 22.4 Å². The quantitative estimate of drug-likeness (QED) is 0.179. The Labute approximate surface area is 266 Å². The first-order valence-corrected chi connectivity index (χ1v) is 16.2. The van der Waals surface area contributed by atoms with E-state index < -0.39 is 17.6 Å². The van der Waals surface area contributed by atoms with Crippen LogP contribution in [0.4, 0.5) is 23.2 Å². The lowest BCUT2D eigenvalue weighted by molar-refractivity contribution is -0.140. The highest BCUT2D eigenvalue weighted by atomic mass is 19.4. The van der Waals surface area contributed by atoms with Crippen molar-refractivity contribution in [2.75, 3.05) is 37.7 Å². The molecule has 2 fully saturated rings. The summed E-state index contributed by atoms with van der Waals surface area (Å²) in [4.78, 5) is 19.5. The van der Waals surface area contributed by atoms with Crippen LogP contribution in [0, 0.1) is 11.7 Å². The van der Waals surface area contributed by atoms with Gasteiger partial charge in [0.2, 0.25) is 0 Å². The van der Waals surface area contributed by atoms with Gasteiger partial charge in [-0.2, -0.15) is 13.2 Å². The number of anilines is 1. The van der Waals surface area contributed by atoms with Crippen LogP contribution in [0.2, 0.25) is 0 Å². The normalized spacial score (nSPS) is 17.0. The maximum atomic E-state index is 14.6. The summed E-state index contributed by atoms with van der Waals surface area (Å²) in [7, 11) is 0. The zero-order valence-corrected chi connectivity index (χ0v) is 26.1. The molecule has 1 unspecified atom stereocenters. The van der Waals surface area contributed by atoms with Crippen LogP contribution in [-0.2, 0) is 22.3 Å². The predicted octanol–water partition coefficient (Wildman–Crippen LogP) is 7.94. The summed E-state index contributed by atoms with van der Waals surface area (Å²) in [6.07, 6.45) is 1.75. The van der Waals surface area contributed by atoms with Gasteiger partial charge in [0.15, 0.2) is 0 Å². The number of hydrogen-bond acceptors (Lipinski definition) is 5. The number of ether oxygens (including phenoxy) is 1. The first-order chi connectivity index (χ1) is 22.2. The Balaban J connectivity index is 1.36. The molecule has 1 atom stereocenters. The number of aromatic nitrogens is 2. The van der Waals surface area contributed by atoms with Gasteiger partial charge in [-0.1, -0.05) is 31.4 Å². The number of Topliss-reactive ketones (excluding diaryl/α,β-unsaturated/α-hetero) is 1. The van der Waals surface area contributed by atoms with E-state index in [1.54, 1.807) is 6.92 Å². The molecule has 0 amide bonds. The van der Waals surface area contributed by atoms with Gasteiger partial charge in [-0.15, -0.1) is 0 Å². The molecule has 1 aromatic heterocycles. The molecule has 1 N–H and O–H groups in total. The van der Waals surface area contributed by atoms with E-state index in [9.17, 15) is 22.4 Å². The van der Waals surface area contributed by atoms with Gasteiger partial charge in [0.1, 0.15) is 17.4 Å². The van der Waals surface area contributed by atoms with E-state index in [4.69, 9.17) is 9.72 Å². The van der Waals surface area contributed by atoms with Crippen molar-refractivity contribution >= 4 is 22.5 Å². The first kappa shape index (κ1) is 32.2. The molecule has 6 rings (SSSR count). The molecule has 1 aliphatic heterocycles. The third-order valence-corrected chi connectivity index (χ3v) is 9.23. The highest BCUT2D eigenvalue weighted by molar-refractivity contribution is 5.82. The zero-order valence-electron chi connectivity index (χ0n) is 26.1. The Hall–Kier alpha value is -3.76. The molecule has 244 valence electrons. The Morgan fingerprint density at radius 3 is 2.41 bits per heavy atom. The second-order valence-corrected chi connectivity index (χ2v) is 12.6. The molecule has 10 heteroatoms. The largest absolute Gasteiger partial charge is 0.419 e. The number of alkyl halides is 3. The van der Waals surface area contributed by atoms with E-state index in [1.165, 1.54) is 38.2 Å². The van der Waals surface area contributed by atoms with Crippen molar-refractivity contribution in [2.24, 2.45) is 5.92 Å². The molecule has 2 heterocycles. The number of nitrogens with zero attached hydrogens (tertiary/aromatic N) is 3. The lowest BCUT2D eigenvalue weighted by Gasteiger charge is -2.28. The molecule has 1 saturated carbocycles. The van der Waals surface area contributed by atoms with E-state index in [0.29, 0.717) is 42.5 Å². The van der Waals surface area contributed by atoms with Gasteiger partial charge < -0.3 is 19.5 Å². The van der Waals surface area contributed by atoms with Crippen LogP contribution in [0.3, 0.4) is 0 Å². The summed E-state index contributed by atoms with van der Waals surface area (Å²) in [5, 5.41) is 3.65. The van der Waals surface area contributed by atoms with Crippen LogP contribution in [0.5, 0.6) is 0 Å². The summed E-state index contributed by atoms with van der Waals surface area (Å²) in [5.41, 5.74) is 3.43. The lowest BCUT2D eigenvalue weighted by Crippen LogP contribution is -2.36. The maximum absolute atomic E-state index is 14.6. The SMILES string of the molecule is CC(=O)CC(NCC1CCCCC1)c1ccc2c(c1)nc(-c1ccc(N3CCOCC3)cc1)n2Cc1ccc(C(F)(F)F)c(F)c1. The number of imidazole rings is 1. The van der Waals surface area contributed by atoms with Gasteiger partial charge in [-0.25, -0.2) is 9.37 Å². The molecule has 2 aliphatic rings. The number of fused-ring (bicyclic) bond motifs is 1. The minimum absolute atomic E-state index is 0.0946. The lowest BCUT2D eigenvalue weighted by atomic mass is 9.89. The molecular formula is C36H40F4N4O2. The average Bonchev–Trinajstić information content (AvgIpc) is 3.40. The number of hydrogen-bond donors (Lipinski definition) is 1. The number of halogens is 4. The summed E-state index contributed by atoms with van der Waals surface area (Å²) < 4.78 is 61.8. The Bertz CT molecular complexity index is 1660. The number of rotatable bonds is 10. The summed E-state index contributed by atoms with van der Waals surface area (Å²) in [6.45, 7) is 5.53. The van der Waals surface area contributed by atoms with Crippen molar-refractivity contribution in [1.82, 2.24) is 14.9 Å². The van der Waals surface area contributed by atoms with Crippen molar-refractivity contribution in [3.63, 3.8) is 0 Å². The zero-order chi connectivity index (χ0) is 32.3. The highest BCUT2D eigenvalue weighted by Crippen LogP contribution is 2.34. The Morgan fingerprint density at radius 2 is 1.74 bits per heavy atom. The smallest absolute Gasteiger partial charge is 0.378 e. The van der Waals surface area contributed by atoms with E-state index in [2.05, 4.69) is 10.2 Å². The molecule has 0 spiro atoms.